The van der Waals surface area contributed by atoms with Gasteiger partial charge < -0.3 is 10.1 Å². The van der Waals surface area contributed by atoms with Crippen molar-refractivity contribution in [1.82, 2.24) is 5.32 Å². The molecule has 0 aromatic heterocycles. The van der Waals surface area contributed by atoms with Crippen LogP contribution in [0.2, 0.25) is 5.02 Å². The summed E-state index contributed by atoms with van der Waals surface area (Å²) in [4.78, 5) is 0. The molecule has 1 N–H and O–H groups in total. The Morgan fingerprint density at radius 1 is 1.44 bits per heavy atom. The smallest absolute Gasteiger partial charge is 0.142 e. The van der Waals surface area contributed by atoms with E-state index >= 15 is 0 Å². The Hall–Kier alpha value is -0.800. The third-order valence-electron chi connectivity index (χ3n) is 2.09. The predicted molar refractivity (Wildman–Crippen MR) is 64.7 cm³/mol. The molecule has 0 saturated carbocycles. The van der Waals surface area contributed by atoms with Gasteiger partial charge in [0.2, 0.25) is 0 Å². The van der Waals surface area contributed by atoms with Crippen molar-refractivity contribution in [1.29, 1.82) is 0 Å². The zero-order valence-corrected chi connectivity index (χ0v) is 10.6. The Morgan fingerprint density at radius 2 is 2.12 bits per heavy atom. The molecule has 0 amide bonds. The maximum absolute atomic E-state index is 12.9. The normalized spacial score (nSPS) is 11.6. The van der Waals surface area contributed by atoms with E-state index in [-0.39, 0.29) is 10.6 Å². The summed E-state index contributed by atoms with van der Waals surface area (Å²) in [5.74, 6) is 0.146. The highest BCUT2D eigenvalue weighted by Gasteiger charge is 2.19. The zero-order chi connectivity index (χ0) is 12.2. The summed E-state index contributed by atoms with van der Waals surface area (Å²) in [7, 11) is 0. The highest BCUT2D eigenvalue weighted by molar-refractivity contribution is 6.30. The van der Waals surface area contributed by atoms with Crippen LogP contribution >= 0.6 is 11.6 Å². The maximum Gasteiger partial charge on any atom is 0.142 e. The third kappa shape index (κ3) is 3.99. The minimum atomic E-state index is -0.432. The molecule has 16 heavy (non-hydrogen) atoms. The molecule has 0 unspecified atom stereocenters. The van der Waals surface area contributed by atoms with Crippen LogP contribution in [0.4, 0.5) is 4.39 Å². The number of likely N-dealkylation sites (N-methyl/N-ethyl adjacent to an activating group) is 1. The minimum absolute atomic E-state index is 0.0803. The quantitative estimate of drug-likeness (QED) is 0.860. The first-order valence-electron chi connectivity index (χ1n) is 5.29. The first-order valence-corrected chi connectivity index (χ1v) is 5.67. The van der Waals surface area contributed by atoms with Gasteiger partial charge in [-0.1, -0.05) is 18.5 Å². The summed E-state index contributed by atoms with van der Waals surface area (Å²) in [6.07, 6.45) is 0. The molecule has 0 saturated heterocycles. The molecule has 0 aliphatic rings. The molecule has 0 bridgehead atoms. The lowest BCUT2D eigenvalue weighted by atomic mass is 10.1. The zero-order valence-electron chi connectivity index (χ0n) is 9.81. The minimum Gasteiger partial charge on any atom is -0.486 e. The van der Waals surface area contributed by atoms with Gasteiger partial charge in [-0.05, 0) is 32.5 Å². The SMILES string of the molecule is CCNCC(C)(C)Oc1ccc(F)c(Cl)c1. The average Bonchev–Trinajstić information content (AvgIpc) is 2.20. The van der Waals surface area contributed by atoms with Crippen LogP contribution in [-0.2, 0) is 0 Å². The molecular weight excluding hydrogens is 229 g/mol. The van der Waals surface area contributed by atoms with E-state index in [0.29, 0.717) is 5.75 Å². The molecule has 2 nitrogen and oxygen atoms in total. The molecule has 90 valence electrons. The fraction of sp³-hybridized carbons (Fsp3) is 0.500. The molecular formula is C12H17ClFNO. The molecule has 4 heteroatoms. The molecule has 1 aromatic rings. The van der Waals surface area contributed by atoms with Crippen molar-refractivity contribution < 1.29 is 9.13 Å². The highest BCUT2D eigenvalue weighted by atomic mass is 35.5. The van der Waals surface area contributed by atoms with E-state index in [1.54, 1.807) is 6.07 Å². The third-order valence-corrected chi connectivity index (χ3v) is 2.38. The van der Waals surface area contributed by atoms with E-state index in [9.17, 15) is 4.39 Å². The van der Waals surface area contributed by atoms with Gasteiger partial charge in [-0.15, -0.1) is 0 Å². The van der Waals surface area contributed by atoms with Crippen LogP contribution in [0.15, 0.2) is 18.2 Å². The monoisotopic (exact) mass is 245 g/mol. The average molecular weight is 246 g/mol. The van der Waals surface area contributed by atoms with Crippen LogP contribution < -0.4 is 10.1 Å². The summed E-state index contributed by atoms with van der Waals surface area (Å²) in [5.41, 5.74) is -0.350. The van der Waals surface area contributed by atoms with Gasteiger partial charge in [0, 0.05) is 12.6 Å². The summed E-state index contributed by atoms with van der Waals surface area (Å²) in [6, 6.07) is 4.38. The lowest BCUT2D eigenvalue weighted by Crippen LogP contribution is -2.40. The summed E-state index contributed by atoms with van der Waals surface area (Å²) in [6.45, 7) is 7.57. The van der Waals surface area contributed by atoms with E-state index < -0.39 is 5.82 Å². The van der Waals surface area contributed by atoms with Gasteiger partial charge in [-0.3, -0.25) is 0 Å². The second-order valence-electron chi connectivity index (χ2n) is 4.22. The fourth-order valence-corrected chi connectivity index (χ4v) is 1.49. The number of ether oxygens (including phenoxy) is 1. The Labute approximate surface area is 101 Å². The van der Waals surface area contributed by atoms with E-state index in [1.165, 1.54) is 12.1 Å². The summed E-state index contributed by atoms with van der Waals surface area (Å²) < 4.78 is 18.7. The van der Waals surface area contributed by atoms with Crippen molar-refractivity contribution in [3.05, 3.63) is 29.0 Å². The highest BCUT2D eigenvalue weighted by Crippen LogP contribution is 2.24. The van der Waals surface area contributed by atoms with Gasteiger partial charge in [-0.25, -0.2) is 4.39 Å². The van der Waals surface area contributed by atoms with Crippen LogP contribution in [0.3, 0.4) is 0 Å². The second kappa shape index (κ2) is 5.51. The van der Waals surface area contributed by atoms with Gasteiger partial charge in [0.05, 0.1) is 5.02 Å². The molecule has 1 aromatic carbocycles. The van der Waals surface area contributed by atoms with Gasteiger partial charge in [0.25, 0.3) is 0 Å². The molecule has 0 aliphatic heterocycles. The first kappa shape index (κ1) is 13.3. The van der Waals surface area contributed by atoms with Gasteiger partial charge >= 0.3 is 0 Å². The molecule has 0 heterocycles. The van der Waals surface area contributed by atoms with Gasteiger partial charge in [0.1, 0.15) is 17.2 Å². The number of halogens is 2. The molecule has 0 atom stereocenters. The lowest BCUT2D eigenvalue weighted by molar-refractivity contribution is 0.109. The van der Waals surface area contributed by atoms with Crippen LogP contribution in [0.5, 0.6) is 5.75 Å². The topological polar surface area (TPSA) is 21.3 Å². The second-order valence-corrected chi connectivity index (χ2v) is 4.63. The maximum atomic E-state index is 12.9. The van der Waals surface area contributed by atoms with Crippen LogP contribution in [0.1, 0.15) is 20.8 Å². The Bertz CT molecular complexity index is 355. The van der Waals surface area contributed by atoms with Crippen LogP contribution in [0, 0.1) is 5.82 Å². The molecule has 0 fully saturated rings. The number of rotatable bonds is 5. The fourth-order valence-electron chi connectivity index (χ4n) is 1.32. The number of hydrogen-bond acceptors (Lipinski definition) is 2. The molecule has 0 aliphatic carbocycles. The van der Waals surface area contributed by atoms with Crippen molar-refractivity contribution in [3.8, 4) is 5.75 Å². The van der Waals surface area contributed by atoms with Crippen molar-refractivity contribution in [2.24, 2.45) is 0 Å². The molecule has 0 spiro atoms. The van der Waals surface area contributed by atoms with Gasteiger partial charge in [0.15, 0.2) is 0 Å². The van der Waals surface area contributed by atoms with E-state index in [0.717, 1.165) is 13.1 Å². The summed E-state index contributed by atoms with van der Waals surface area (Å²) >= 11 is 5.68. The Morgan fingerprint density at radius 3 is 2.69 bits per heavy atom. The Kier molecular flexibility index (Phi) is 4.56. The van der Waals surface area contributed by atoms with E-state index in [1.807, 2.05) is 20.8 Å². The Balaban J connectivity index is 2.68. The van der Waals surface area contributed by atoms with E-state index in [2.05, 4.69) is 5.32 Å². The predicted octanol–water partition coefficient (Wildman–Crippen LogP) is 3.25. The first-order chi connectivity index (χ1) is 7.44. The van der Waals surface area contributed by atoms with Crippen molar-refractivity contribution in [2.45, 2.75) is 26.4 Å². The van der Waals surface area contributed by atoms with Crippen molar-refractivity contribution in [2.75, 3.05) is 13.1 Å². The van der Waals surface area contributed by atoms with E-state index in [4.69, 9.17) is 16.3 Å². The molecule has 0 radical (unpaired) electrons. The van der Waals surface area contributed by atoms with Crippen molar-refractivity contribution >= 4 is 11.6 Å². The number of benzene rings is 1. The largest absolute Gasteiger partial charge is 0.486 e. The number of nitrogens with one attached hydrogen (secondary N) is 1. The lowest BCUT2D eigenvalue weighted by Gasteiger charge is -2.26. The standard InChI is InChI=1S/C12H17ClFNO/c1-4-15-8-12(2,3)16-9-5-6-11(14)10(13)7-9/h5-7,15H,4,8H2,1-3H3. The molecule has 1 rings (SSSR count). The summed E-state index contributed by atoms with van der Waals surface area (Å²) in [5, 5.41) is 3.28. The van der Waals surface area contributed by atoms with Gasteiger partial charge in [-0.2, -0.15) is 0 Å². The number of hydrogen-bond donors (Lipinski definition) is 1. The van der Waals surface area contributed by atoms with Crippen LogP contribution in [0.25, 0.3) is 0 Å². The van der Waals surface area contributed by atoms with Crippen LogP contribution in [-0.4, -0.2) is 18.7 Å². The van der Waals surface area contributed by atoms with Crippen molar-refractivity contribution in [3.63, 3.8) is 0 Å².